The zero-order chi connectivity index (χ0) is 19.4. The first-order valence-electron chi connectivity index (χ1n) is 9.35. The molecule has 0 aliphatic carbocycles. The number of amides is 2. The molecule has 142 valence electrons. The number of nitrogens with zero attached hydrogens (tertiary/aromatic N) is 4. The van der Waals surface area contributed by atoms with Crippen molar-refractivity contribution in [3.8, 4) is 0 Å². The van der Waals surface area contributed by atoms with Crippen molar-refractivity contribution in [2.75, 3.05) is 26.2 Å². The van der Waals surface area contributed by atoms with E-state index >= 15 is 0 Å². The lowest BCUT2D eigenvalue weighted by molar-refractivity contribution is -0.130. The van der Waals surface area contributed by atoms with Gasteiger partial charge in [0.1, 0.15) is 5.69 Å². The van der Waals surface area contributed by atoms with E-state index in [0.717, 1.165) is 17.5 Å². The highest BCUT2D eigenvalue weighted by molar-refractivity contribution is 5.92. The van der Waals surface area contributed by atoms with Crippen molar-refractivity contribution < 1.29 is 9.59 Å². The van der Waals surface area contributed by atoms with Gasteiger partial charge in [-0.1, -0.05) is 12.1 Å². The molecule has 0 bridgehead atoms. The molecular formula is C21H26N4O2. The van der Waals surface area contributed by atoms with Gasteiger partial charge in [0.05, 0.1) is 12.6 Å². The van der Waals surface area contributed by atoms with Gasteiger partial charge in [-0.05, 0) is 49.4 Å². The number of aryl methyl sites for hydroxylation is 3. The standard InChI is InChI=1S/C21H26N4O2/c1-15-11-17(3)18(12-16(15)2)13-20(26)24-7-4-8-25(10-9-24)21(27)19-14-22-5-6-23-19/h5-6,11-12,14H,4,7-10,13H2,1-3H3. The van der Waals surface area contributed by atoms with Gasteiger partial charge < -0.3 is 9.80 Å². The molecule has 0 saturated carbocycles. The summed E-state index contributed by atoms with van der Waals surface area (Å²) >= 11 is 0. The van der Waals surface area contributed by atoms with Crippen LogP contribution in [0.2, 0.25) is 0 Å². The predicted octanol–water partition coefficient (Wildman–Crippen LogP) is 2.32. The number of aromatic nitrogens is 2. The molecule has 0 spiro atoms. The lowest BCUT2D eigenvalue weighted by atomic mass is 9.98. The molecule has 0 unspecified atom stereocenters. The average Bonchev–Trinajstić information content (AvgIpc) is 2.92. The van der Waals surface area contributed by atoms with E-state index in [-0.39, 0.29) is 11.8 Å². The fraction of sp³-hybridized carbons (Fsp3) is 0.429. The largest absolute Gasteiger partial charge is 0.341 e. The topological polar surface area (TPSA) is 66.4 Å². The molecule has 1 saturated heterocycles. The van der Waals surface area contributed by atoms with E-state index in [1.807, 2.05) is 4.90 Å². The molecule has 1 aliphatic heterocycles. The molecule has 1 aliphatic rings. The van der Waals surface area contributed by atoms with Gasteiger partial charge in [-0.25, -0.2) is 4.98 Å². The van der Waals surface area contributed by atoms with Gasteiger partial charge in [0.15, 0.2) is 0 Å². The number of rotatable bonds is 3. The van der Waals surface area contributed by atoms with E-state index in [2.05, 4.69) is 42.9 Å². The second kappa shape index (κ2) is 8.29. The maximum Gasteiger partial charge on any atom is 0.274 e. The summed E-state index contributed by atoms with van der Waals surface area (Å²) in [7, 11) is 0. The highest BCUT2D eigenvalue weighted by Crippen LogP contribution is 2.17. The zero-order valence-corrected chi connectivity index (χ0v) is 16.2. The van der Waals surface area contributed by atoms with Crippen LogP contribution in [-0.4, -0.2) is 57.8 Å². The molecule has 1 aromatic carbocycles. The molecule has 0 atom stereocenters. The van der Waals surface area contributed by atoms with Crippen LogP contribution in [0.15, 0.2) is 30.7 Å². The molecule has 2 amide bonds. The molecule has 0 N–H and O–H groups in total. The quantitative estimate of drug-likeness (QED) is 0.836. The van der Waals surface area contributed by atoms with Gasteiger partial charge in [0, 0.05) is 38.6 Å². The summed E-state index contributed by atoms with van der Waals surface area (Å²) in [6.07, 6.45) is 5.73. The van der Waals surface area contributed by atoms with E-state index < -0.39 is 0 Å². The van der Waals surface area contributed by atoms with E-state index in [1.54, 1.807) is 11.1 Å². The number of hydrogen-bond donors (Lipinski definition) is 0. The van der Waals surface area contributed by atoms with Crippen LogP contribution in [0.4, 0.5) is 0 Å². The number of benzene rings is 1. The van der Waals surface area contributed by atoms with Crippen LogP contribution in [0.5, 0.6) is 0 Å². The summed E-state index contributed by atoms with van der Waals surface area (Å²) in [4.78, 5) is 37.1. The maximum absolute atomic E-state index is 12.8. The number of carbonyl (C=O) groups is 2. The minimum absolute atomic E-state index is 0.121. The molecule has 1 aromatic heterocycles. The van der Waals surface area contributed by atoms with Crippen LogP contribution in [0.25, 0.3) is 0 Å². The van der Waals surface area contributed by atoms with Crippen LogP contribution in [0.1, 0.15) is 39.2 Å². The van der Waals surface area contributed by atoms with Crippen LogP contribution < -0.4 is 0 Å². The fourth-order valence-electron chi connectivity index (χ4n) is 3.43. The van der Waals surface area contributed by atoms with Gasteiger partial charge in [0.2, 0.25) is 5.91 Å². The van der Waals surface area contributed by atoms with Crippen molar-refractivity contribution in [3.63, 3.8) is 0 Å². The Kier molecular flexibility index (Phi) is 5.84. The fourth-order valence-corrected chi connectivity index (χ4v) is 3.43. The molecular weight excluding hydrogens is 340 g/mol. The predicted molar refractivity (Wildman–Crippen MR) is 103 cm³/mol. The summed E-state index contributed by atoms with van der Waals surface area (Å²) in [5.74, 6) is -0.00226. The smallest absolute Gasteiger partial charge is 0.274 e. The van der Waals surface area contributed by atoms with E-state index in [0.29, 0.717) is 38.3 Å². The highest BCUT2D eigenvalue weighted by atomic mass is 16.2. The molecule has 6 nitrogen and oxygen atoms in total. The Bertz CT molecular complexity index is 836. The lowest BCUT2D eigenvalue weighted by Gasteiger charge is -2.22. The van der Waals surface area contributed by atoms with Crippen LogP contribution in [-0.2, 0) is 11.2 Å². The number of hydrogen-bond acceptors (Lipinski definition) is 4. The van der Waals surface area contributed by atoms with Crippen molar-refractivity contribution in [2.24, 2.45) is 0 Å². The van der Waals surface area contributed by atoms with Crippen molar-refractivity contribution in [1.29, 1.82) is 0 Å². The lowest BCUT2D eigenvalue weighted by Crippen LogP contribution is -2.38. The zero-order valence-electron chi connectivity index (χ0n) is 16.2. The molecule has 27 heavy (non-hydrogen) atoms. The van der Waals surface area contributed by atoms with Crippen molar-refractivity contribution in [1.82, 2.24) is 19.8 Å². The Hall–Kier alpha value is -2.76. The third-order valence-corrected chi connectivity index (χ3v) is 5.21. The van der Waals surface area contributed by atoms with Crippen LogP contribution >= 0.6 is 0 Å². The Labute approximate surface area is 160 Å². The van der Waals surface area contributed by atoms with E-state index in [4.69, 9.17) is 0 Å². The average molecular weight is 366 g/mol. The highest BCUT2D eigenvalue weighted by Gasteiger charge is 2.24. The minimum atomic E-state index is -0.123. The number of carbonyl (C=O) groups excluding carboxylic acids is 2. The summed E-state index contributed by atoms with van der Waals surface area (Å²) in [6.45, 7) is 8.59. The second-order valence-electron chi connectivity index (χ2n) is 7.16. The summed E-state index contributed by atoms with van der Waals surface area (Å²) in [5, 5.41) is 0. The van der Waals surface area contributed by atoms with Gasteiger partial charge >= 0.3 is 0 Å². The van der Waals surface area contributed by atoms with Gasteiger partial charge in [-0.3, -0.25) is 14.6 Å². The Morgan fingerprint density at radius 1 is 0.926 bits per heavy atom. The van der Waals surface area contributed by atoms with E-state index in [9.17, 15) is 9.59 Å². The molecule has 3 rings (SSSR count). The Morgan fingerprint density at radius 2 is 1.63 bits per heavy atom. The van der Waals surface area contributed by atoms with Crippen molar-refractivity contribution >= 4 is 11.8 Å². The first-order chi connectivity index (χ1) is 13.0. The van der Waals surface area contributed by atoms with Crippen molar-refractivity contribution in [3.05, 3.63) is 58.7 Å². The molecule has 0 radical (unpaired) electrons. The Balaban J connectivity index is 1.63. The third kappa shape index (κ3) is 4.51. The minimum Gasteiger partial charge on any atom is -0.341 e. The molecule has 2 aromatic rings. The normalized spacial score (nSPS) is 14.8. The molecule has 2 heterocycles. The monoisotopic (exact) mass is 366 g/mol. The van der Waals surface area contributed by atoms with E-state index in [1.165, 1.54) is 23.5 Å². The van der Waals surface area contributed by atoms with Crippen LogP contribution in [0, 0.1) is 20.8 Å². The SMILES string of the molecule is Cc1cc(C)c(CC(=O)N2CCCN(C(=O)c3cnccn3)CC2)cc1C. The summed E-state index contributed by atoms with van der Waals surface area (Å²) < 4.78 is 0. The first kappa shape index (κ1) is 19.0. The van der Waals surface area contributed by atoms with Gasteiger partial charge in [-0.15, -0.1) is 0 Å². The summed E-state index contributed by atoms with van der Waals surface area (Å²) in [5.41, 5.74) is 5.04. The molecule has 1 fully saturated rings. The van der Waals surface area contributed by atoms with Crippen molar-refractivity contribution in [2.45, 2.75) is 33.6 Å². The van der Waals surface area contributed by atoms with Gasteiger partial charge in [0.25, 0.3) is 5.91 Å². The molecule has 6 heteroatoms. The summed E-state index contributed by atoms with van der Waals surface area (Å²) in [6, 6.07) is 4.26. The maximum atomic E-state index is 12.8. The third-order valence-electron chi connectivity index (χ3n) is 5.21. The first-order valence-corrected chi connectivity index (χ1v) is 9.35. The Morgan fingerprint density at radius 3 is 2.37 bits per heavy atom. The second-order valence-corrected chi connectivity index (χ2v) is 7.16. The van der Waals surface area contributed by atoms with Crippen LogP contribution in [0.3, 0.4) is 0 Å². The van der Waals surface area contributed by atoms with Gasteiger partial charge in [-0.2, -0.15) is 0 Å².